The summed E-state index contributed by atoms with van der Waals surface area (Å²) in [5.41, 5.74) is 2.17. The average Bonchev–Trinajstić information content (AvgIpc) is 2.59. The van der Waals surface area contributed by atoms with Crippen molar-refractivity contribution < 1.29 is 23.8 Å². The molecule has 0 saturated carbocycles. The second kappa shape index (κ2) is 8.78. The molecule has 0 fully saturated rings. The van der Waals surface area contributed by atoms with Crippen molar-refractivity contribution >= 4 is 23.1 Å². The van der Waals surface area contributed by atoms with Gasteiger partial charge >= 0.3 is 11.9 Å². The Balaban J connectivity index is 2.33. The van der Waals surface area contributed by atoms with Gasteiger partial charge in [0.25, 0.3) is 0 Å². The Morgan fingerprint density at radius 2 is 1.72 bits per heavy atom. The molecule has 4 nitrogen and oxygen atoms in total. The number of carbonyl (C=O) groups is 2. The summed E-state index contributed by atoms with van der Waals surface area (Å²) in [6.45, 7) is 1.76. The minimum absolute atomic E-state index is 0.00792. The molecule has 1 N–H and O–H groups in total. The number of hydrogen-bond acceptors (Lipinski definition) is 3. The van der Waals surface area contributed by atoms with Crippen molar-refractivity contribution in [3.8, 4) is 0 Å². The summed E-state index contributed by atoms with van der Waals surface area (Å²) < 4.78 is 18.8. The minimum atomic E-state index is -0.947. The van der Waals surface area contributed by atoms with Crippen LogP contribution in [0.3, 0.4) is 0 Å². The molecule has 0 bridgehead atoms. The normalized spacial score (nSPS) is 11.6. The average molecular weight is 342 g/mol. The van der Waals surface area contributed by atoms with Gasteiger partial charge in [-0.15, -0.1) is 0 Å². The van der Waals surface area contributed by atoms with E-state index >= 15 is 0 Å². The zero-order valence-electron chi connectivity index (χ0n) is 13.9. The third-order valence-electron chi connectivity index (χ3n) is 3.67. The third-order valence-corrected chi connectivity index (χ3v) is 3.67. The summed E-state index contributed by atoms with van der Waals surface area (Å²) in [4.78, 5) is 23.1. The zero-order chi connectivity index (χ0) is 18.2. The highest BCUT2D eigenvalue weighted by Crippen LogP contribution is 2.27. The van der Waals surface area contributed by atoms with E-state index in [0.717, 1.165) is 5.56 Å². The first-order chi connectivity index (χ1) is 12.0. The van der Waals surface area contributed by atoms with E-state index < -0.39 is 17.8 Å². The fraction of sp³-hybridized carbons (Fsp3) is 0.200. The van der Waals surface area contributed by atoms with Gasteiger partial charge < -0.3 is 9.84 Å². The van der Waals surface area contributed by atoms with Crippen LogP contribution >= 0.6 is 0 Å². The number of rotatable bonds is 7. The van der Waals surface area contributed by atoms with Crippen LogP contribution in [0, 0.1) is 5.82 Å². The van der Waals surface area contributed by atoms with Crippen LogP contribution in [0.25, 0.3) is 11.1 Å². The molecule has 2 aromatic carbocycles. The molecule has 0 aliphatic carbocycles. The second-order valence-corrected chi connectivity index (χ2v) is 5.51. The van der Waals surface area contributed by atoms with Crippen LogP contribution in [0.5, 0.6) is 0 Å². The molecule has 0 aliphatic heterocycles. The zero-order valence-corrected chi connectivity index (χ0v) is 13.9. The third kappa shape index (κ3) is 5.28. The van der Waals surface area contributed by atoms with Gasteiger partial charge in [0, 0.05) is 6.42 Å². The molecule has 0 aromatic heterocycles. The Morgan fingerprint density at radius 3 is 2.36 bits per heavy atom. The molecular formula is C20H19FO4. The summed E-state index contributed by atoms with van der Waals surface area (Å²) in [7, 11) is 0. The van der Waals surface area contributed by atoms with E-state index in [1.54, 1.807) is 13.0 Å². The standard InChI is InChI=1S/C20H19FO4/c1-14(15-7-3-2-4-8-15)19(16-9-5-10-17(21)13-16)20(24)25-12-6-11-18(22)23/h2-5,7-10,13H,6,11-12H2,1H3,(H,22,23)/b19-14+. The number of carboxylic acid groups (broad SMARTS) is 1. The lowest BCUT2D eigenvalue weighted by atomic mass is 9.95. The molecule has 0 radical (unpaired) electrons. The number of carboxylic acids is 1. The molecular weight excluding hydrogens is 323 g/mol. The Kier molecular flexibility index (Phi) is 6.46. The van der Waals surface area contributed by atoms with Crippen LogP contribution in [0.1, 0.15) is 30.9 Å². The van der Waals surface area contributed by atoms with Crippen LogP contribution in [-0.4, -0.2) is 23.7 Å². The van der Waals surface area contributed by atoms with E-state index in [2.05, 4.69) is 0 Å². The summed E-state index contributed by atoms with van der Waals surface area (Å²) in [5.74, 6) is -2.00. The van der Waals surface area contributed by atoms with Gasteiger partial charge in [0.2, 0.25) is 0 Å². The molecule has 0 spiro atoms. The lowest BCUT2D eigenvalue weighted by Gasteiger charge is -2.13. The molecule has 2 aromatic rings. The molecule has 2 rings (SSSR count). The Morgan fingerprint density at radius 1 is 1.04 bits per heavy atom. The number of hydrogen-bond donors (Lipinski definition) is 1. The highest BCUT2D eigenvalue weighted by atomic mass is 19.1. The summed E-state index contributed by atoms with van der Waals surface area (Å²) in [6.07, 6.45) is 0.145. The second-order valence-electron chi connectivity index (χ2n) is 5.51. The maximum atomic E-state index is 13.6. The van der Waals surface area contributed by atoms with Gasteiger partial charge in [-0.25, -0.2) is 9.18 Å². The lowest BCUT2D eigenvalue weighted by molar-refractivity contribution is -0.140. The first-order valence-corrected chi connectivity index (χ1v) is 7.90. The van der Waals surface area contributed by atoms with Gasteiger partial charge in [0.1, 0.15) is 5.82 Å². The van der Waals surface area contributed by atoms with Crippen LogP contribution in [-0.2, 0) is 14.3 Å². The summed E-state index contributed by atoms with van der Waals surface area (Å²) >= 11 is 0. The van der Waals surface area contributed by atoms with E-state index in [-0.39, 0.29) is 25.0 Å². The Hall–Kier alpha value is -2.95. The van der Waals surface area contributed by atoms with E-state index in [4.69, 9.17) is 9.84 Å². The molecule has 5 heteroatoms. The number of esters is 1. The number of allylic oxidation sites excluding steroid dienone is 1. The van der Waals surface area contributed by atoms with Gasteiger partial charge in [-0.05, 0) is 42.2 Å². The quantitative estimate of drug-likeness (QED) is 0.355. The highest BCUT2D eigenvalue weighted by Gasteiger charge is 2.18. The summed E-state index contributed by atoms with van der Waals surface area (Å²) in [6, 6.07) is 15.0. The van der Waals surface area contributed by atoms with Gasteiger partial charge in [-0.1, -0.05) is 42.5 Å². The van der Waals surface area contributed by atoms with Crippen LogP contribution in [0.2, 0.25) is 0 Å². The van der Waals surface area contributed by atoms with Crippen molar-refractivity contribution in [1.29, 1.82) is 0 Å². The molecule has 0 aliphatic rings. The van der Waals surface area contributed by atoms with Crippen molar-refractivity contribution in [2.45, 2.75) is 19.8 Å². The largest absolute Gasteiger partial charge is 0.481 e. The SMILES string of the molecule is C/C(=C(\C(=O)OCCCC(=O)O)c1cccc(F)c1)c1ccccc1. The predicted octanol–water partition coefficient (Wildman–Crippen LogP) is 4.16. The molecule has 0 saturated heterocycles. The first kappa shape index (κ1) is 18.4. The molecule has 130 valence electrons. The smallest absolute Gasteiger partial charge is 0.339 e. The van der Waals surface area contributed by atoms with Crippen molar-refractivity contribution in [1.82, 2.24) is 0 Å². The van der Waals surface area contributed by atoms with Gasteiger partial charge in [0.15, 0.2) is 0 Å². The van der Waals surface area contributed by atoms with Crippen LogP contribution in [0.4, 0.5) is 4.39 Å². The molecule has 0 atom stereocenters. The van der Waals surface area contributed by atoms with Gasteiger partial charge in [-0.2, -0.15) is 0 Å². The van der Waals surface area contributed by atoms with Gasteiger partial charge in [-0.3, -0.25) is 4.79 Å². The van der Waals surface area contributed by atoms with Crippen LogP contribution < -0.4 is 0 Å². The van der Waals surface area contributed by atoms with Crippen molar-refractivity contribution in [3.05, 3.63) is 71.5 Å². The Bertz CT molecular complexity index is 781. The maximum Gasteiger partial charge on any atom is 0.339 e. The lowest BCUT2D eigenvalue weighted by Crippen LogP contribution is -2.11. The minimum Gasteiger partial charge on any atom is -0.481 e. The number of carbonyl (C=O) groups excluding carboxylic acids is 1. The highest BCUT2D eigenvalue weighted by molar-refractivity contribution is 6.24. The number of aliphatic carboxylic acids is 1. The van der Waals surface area contributed by atoms with Crippen molar-refractivity contribution in [2.75, 3.05) is 6.61 Å². The topological polar surface area (TPSA) is 63.6 Å². The van der Waals surface area contributed by atoms with E-state index in [1.165, 1.54) is 18.2 Å². The molecule has 0 unspecified atom stereocenters. The maximum absolute atomic E-state index is 13.6. The Labute approximate surface area is 145 Å². The monoisotopic (exact) mass is 342 g/mol. The molecule has 0 heterocycles. The fourth-order valence-electron chi connectivity index (χ4n) is 2.42. The predicted molar refractivity (Wildman–Crippen MR) is 93.2 cm³/mol. The number of ether oxygens (including phenoxy) is 1. The van der Waals surface area contributed by atoms with Crippen molar-refractivity contribution in [2.24, 2.45) is 0 Å². The fourth-order valence-corrected chi connectivity index (χ4v) is 2.42. The van der Waals surface area contributed by atoms with Crippen molar-refractivity contribution in [3.63, 3.8) is 0 Å². The molecule has 25 heavy (non-hydrogen) atoms. The first-order valence-electron chi connectivity index (χ1n) is 7.90. The van der Waals surface area contributed by atoms with E-state index in [0.29, 0.717) is 11.1 Å². The van der Waals surface area contributed by atoms with Gasteiger partial charge in [0.05, 0.1) is 12.2 Å². The van der Waals surface area contributed by atoms with E-state index in [1.807, 2.05) is 30.3 Å². The molecule has 0 amide bonds. The number of benzene rings is 2. The van der Waals surface area contributed by atoms with E-state index in [9.17, 15) is 14.0 Å². The van der Waals surface area contributed by atoms with Crippen LogP contribution in [0.15, 0.2) is 54.6 Å². The summed E-state index contributed by atoms with van der Waals surface area (Å²) in [5, 5.41) is 8.64. The number of halogens is 1.